The van der Waals surface area contributed by atoms with E-state index in [4.69, 9.17) is 0 Å². The highest BCUT2D eigenvalue weighted by molar-refractivity contribution is 4.78. The van der Waals surface area contributed by atoms with Crippen LogP contribution < -0.4 is 0 Å². The summed E-state index contributed by atoms with van der Waals surface area (Å²) < 4.78 is 0. The van der Waals surface area contributed by atoms with Crippen LogP contribution in [0.25, 0.3) is 0 Å². The molecular weight excluding hydrogens is 156 g/mol. The summed E-state index contributed by atoms with van der Waals surface area (Å²) in [6, 6.07) is 0. The van der Waals surface area contributed by atoms with Gasteiger partial charge in [-0.25, -0.2) is 0 Å². The second-order valence-corrected chi connectivity index (χ2v) is 2.90. The molecule has 0 radical (unpaired) electrons. The number of allylic oxidation sites excluding steroid dienone is 2. The Hall–Kier alpha value is -0.520. The molecule has 0 rings (SSSR count). The normalized spacial score (nSPS) is 6.23. The fourth-order valence-corrected chi connectivity index (χ4v) is 0. The lowest BCUT2D eigenvalue weighted by Gasteiger charge is -1.68. The van der Waals surface area contributed by atoms with Crippen LogP contribution in [-0.2, 0) is 0 Å². The fourth-order valence-electron chi connectivity index (χ4n) is 0. The molecule has 0 nitrogen and oxygen atoms in total. The molecule has 0 aromatic heterocycles. The third-order valence-corrected chi connectivity index (χ3v) is 0.789. The summed E-state index contributed by atoms with van der Waals surface area (Å²) in [7, 11) is 0. The monoisotopic (exact) mass is 186 g/mol. The van der Waals surface area contributed by atoms with Crippen LogP contribution in [0.4, 0.5) is 0 Å². The van der Waals surface area contributed by atoms with Crippen molar-refractivity contribution in [2.24, 2.45) is 0 Å². The van der Waals surface area contributed by atoms with E-state index in [9.17, 15) is 0 Å². The minimum Gasteiger partial charge on any atom is -0.103 e. The van der Waals surface area contributed by atoms with Crippen LogP contribution in [0.3, 0.4) is 0 Å². The quantitative estimate of drug-likeness (QED) is 0.492. The van der Waals surface area contributed by atoms with Gasteiger partial charge in [-0.3, -0.25) is 0 Å². The lowest BCUT2D eigenvalue weighted by atomic mass is 10.4. The SMILES string of the molecule is C.C=C(C)C.C=CCC.CCCC. The van der Waals surface area contributed by atoms with Crippen molar-refractivity contribution in [2.75, 3.05) is 0 Å². The lowest BCUT2D eigenvalue weighted by molar-refractivity contribution is 0.886. The van der Waals surface area contributed by atoms with Crippen molar-refractivity contribution in [1.82, 2.24) is 0 Å². The molecule has 13 heavy (non-hydrogen) atoms. The summed E-state index contributed by atoms with van der Waals surface area (Å²) in [4.78, 5) is 0. The Bertz CT molecular complexity index is 74.0. The number of hydrogen-bond donors (Lipinski definition) is 0. The van der Waals surface area contributed by atoms with Crippen LogP contribution in [0.1, 0.15) is 61.3 Å². The highest BCUT2D eigenvalue weighted by Crippen LogP contribution is 1.76. The number of unbranched alkanes of at least 4 members (excludes halogenated alkanes) is 1. The summed E-state index contributed by atoms with van der Waals surface area (Å²) in [5, 5.41) is 0. The maximum Gasteiger partial charge on any atom is -0.0382 e. The Morgan fingerprint density at radius 1 is 1.08 bits per heavy atom. The van der Waals surface area contributed by atoms with Crippen LogP contribution in [0.5, 0.6) is 0 Å². The van der Waals surface area contributed by atoms with Crippen LogP contribution in [0.15, 0.2) is 24.8 Å². The van der Waals surface area contributed by atoms with E-state index >= 15 is 0 Å². The molecule has 0 amide bonds. The first-order valence-electron chi connectivity index (χ1n) is 4.79. The van der Waals surface area contributed by atoms with Crippen molar-refractivity contribution in [3.8, 4) is 0 Å². The minimum atomic E-state index is 0. The maximum absolute atomic E-state index is 3.56. The average Bonchev–Trinajstić information content (AvgIpc) is 2.03. The van der Waals surface area contributed by atoms with Crippen molar-refractivity contribution < 1.29 is 0 Å². The standard InChI is InChI=1S/C4H8.C4H10.C4H8.CH4/c1-4(2)3;2*1-3-4-2;/h1H2,2-3H3;3-4H2,1-2H3;3H,1,4H2,2H3;1H4. The van der Waals surface area contributed by atoms with Crippen LogP contribution >= 0.6 is 0 Å². The summed E-state index contributed by atoms with van der Waals surface area (Å²) in [5.41, 5.74) is 1.17. The Morgan fingerprint density at radius 3 is 1.23 bits per heavy atom. The Kier molecular flexibility index (Phi) is 52.8. The van der Waals surface area contributed by atoms with Gasteiger partial charge in [0.2, 0.25) is 0 Å². The van der Waals surface area contributed by atoms with E-state index in [0.29, 0.717) is 0 Å². The van der Waals surface area contributed by atoms with Crippen molar-refractivity contribution in [3.05, 3.63) is 24.8 Å². The van der Waals surface area contributed by atoms with Gasteiger partial charge in [0.25, 0.3) is 0 Å². The molecule has 0 saturated carbocycles. The van der Waals surface area contributed by atoms with Crippen LogP contribution in [-0.4, -0.2) is 0 Å². The molecule has 0 aliphatic carbocycles. The lowest BCUT2D eigenvalue weighted by Crippen LogP contribution is -1.47. The molecule has 0 aromatic rings. The highest BCUT2D eigenvalue weighted by Gasteiger charge is 1.56. The van der Waals surface area contributed by atoms with Gasteiger partial charge in [0.15, 0.2) is 0 Å². The second-order valence-electron chi connectivity index (χ2n) is 2.90. The van der Waals surface area contributed by atoms with Gasteiger partial charge < -0.3 is 0 Å². The van der Waals surface area contributed by atoms with E-state index in [0.717, 1.165) is 6.42 Å². The molecule has 0 fully saturated rings. The molecule has 0 unspecified atom stereocenters. The van der Waals surface area contributed by atoms with E-state index < -0.39 is 0 Å². The van der Waals surface area contributed by atoms with E-state index in [1.807, 2.05) is 19.9 Å². The van der Waals surface area contributed by atoms with E-state index in [2.05, 4.69) is 33.9 Å². The topological polar surface area (TPSA) is 0 Å². The molecule has 0 aliphatic heterocycles. The zero-order valence-corrected chi connectivity index (χ0v) is 9.61. The third-order valence-electron chi connectivity index (χ3n) is 0.789. The van der Waals surface area contributed by atoms with Gasteiger partial charge in [0, 0.05) is 0 Å². The van der Waals surface area contributed by atoms with Gasteiger partial charge in [-0.15, -0.1) is 13.2 Å². The van der Waals surface area contributed by atoms with Gasteiger partial charge in [-0.05, 0) is 20.3 Å². The molecule has 0 atom stereocenters. The molecule has 0 spiro atoms. The second kappa shape index (κ2) is 30.0. The first-order valence-corrected chi connectivity index (χ1v) is 4.79. The average molecular weight is 186 g/mol. The van der Waals surface area contributed by atoms with Crippen LogP contribution in [0.2, 0.25) is 0 Å². The molecule has 0 aliphatic rings. The van der Waals surface area contributed by atoms with E-state index in [1.54, 1.807) is 0 Å². The minimum absolute atomic E-state index is 0. The van der Waals surface area contributed by atoms with Gasteiger partial charge in [-0.1, -0.05) is 52.7 Å². The Balaban J connectivity index is -0.0000000450. The smallest absolute Gasteiger partial charge is 0.0382 e. The predicted molar refractivity (Wildman–Crippen MR) is 68.3 cm³/mol. The fraction of sp³-hybridized carbons (Fsp3) is 0.692. The van der Waals surface area contributed by atoms with Gasteiger partial charge in [0.1, 0.15) is 0 Å². The molecule has 82 valence electrons. The summed E-state index contributed by atoms with van der Waals surface area (Å²) in [5.74, 6) is 0. The number of hydrogen-bond acceptors (Lipinski definition) is 0. The van der Waals surface area contributed by atoms with Crippen molar-refractivity contribution >= 4 is 0 Å². The van der Waals surface area contributed by atoms with Crippen molar-refractivity contribution in [1.29, 1.82) is 0 Å². The molecule has 0 N–H and O–H groups in total. The maximum atomic E-state index is 3.56. The van der Waals surface area contributed by atoms with Crippen LogP contribution in [0, 0.1) is 0 Å². The Morgan fingerprint density at radius 2 is 1.23 bits per heavy atom. The first kappa shape index (κ1) is 22.9. The molecule has 0 bridgehead atoms. The molecule has 0 heterocycles. The number of rotatable bonds is 2. The summed E-state index contributed by atoms with van der Waals surface area (Å²) >= 11 is 0. The summed E-state index contributed by atoms with van der Waals surface area (Å²) in [6.07, 6.45) is 5.60. The highest BCUT2D eigenvalue weighted by atomic mass is 13.6. The van der Waals surface area contributed by atoms with Crippen molar-refractivity contribution in [3.63, 3.8) is 0 Å². The van der Waals surface area contributed by atoms with E-state index in [1.165, 1.54) is 18.4 Å². The zero-order valence-electron chi connectivity index (χ0n) is 9.61. The molecule has 0 heteroatoms. The Labute approximate surface area is 86.8 Å². The zero-order chi connectivity index (χ0) is 10.4. The van der Waals surface area contributed by atoms with Gasteiger partial charge in [0.05, 0.1) is 0 Å². The first-order chi connectivity index (χ1) is 5.56. The van der Waals surface area contributed by atoms with Crippen molar-refractivity contribution in [2.45, 2.75) is 61.3 Å². The van der Waals surface area contributed by atoms with E-state index in [-0.39, 0.29) is 7.43 Å². The van der Waals surface area contributed by atoms with Gasteiger partial charge >= 0.3 is 0 Å². The predicted octanol–water partition coefficient (Wildman–Crippen LogP) is 5.61. The molecule has 0 aromatic carbocycles. The summed E-state index contributed by atoms with van der Waals surface area (Å²) in [6.45, 7) is 17.4. The largest absolute Gasteiger partial charge is 0.103 e. The third kappa shape index (κ3) is 471. The molecule has 0 saturated heterocycles. The van der Waals surface area contributed by atoms with Gasteiger partial charge in [-0.2, -0.15) is 0 Å². The molecular formula is C13H30.